The van der Waals surface area contributed by atoms with Gasteiger partial charge in [-0.05, 0) is 69.8 Å². The summed E-state index contributed by atoms with van der Waals surface area (Å²) in [5.74, 6) is -0.486. The molecule has 210 valence electrons. The number of benzene rings is 1. The Morgan fingerprint density at radius 3 is 2.77 bits per heavy atom. The number of hydrogen-bond donors (Lipinski definition) is 2. The molecule has 0 radical (unpaired) electrons. The van der Waals surface area contributed by atoms with E-state index in [2.05, 4.69) is 32.1 Å². The molecule has 1 aromatic carbocycles. The number of rotatable bonds is 9. The number of hydrogen-bond acceptors (Lipinski definition) is 9. The van der Waals surface area contributed by atoms with Gasteiger partial charge in [-0.25, -0.2) is 9.78 Å². The van der Waals surface area contributed by atoms with Crippen molar-refractivity contribution < 1.29 is 23.8 Å². The molecule has 4 heterocycles. The first-order valence-corrected chi connectivity index (χ1v) is 13.5. The summed E-state index contributed by atoms with van der Waals surface area (Å²) in [5, 5.41) is 3.97. The zero-order chi connectivity index (χ0) is 28.2. The zero-order valence-corrected chi connectivity index (χ0v) is 23.3. The van der Waals surface area contributed by atoms with Crippen molar-refractivity contribution in [2.75, 3.05) is 51.7 Å². The van der Waals surface area contributed by atoms with E-state index in [0.717, 1.165) is 55.0 Å². The number of aryl methyl sites for hydroxylation is 1. The van der Waals surface area contributed by atoms with Crippen LogP contribution >= 0.6 is 0 Å². The van der Waals surface area contributed by atoms with Crippen molar-refractivity contribution in [2.24, 2.45) is 0 Å². The molecule has 0 aliphatic carbocycles. The van der Waals surface area contributed by atoms with E-state index >= 15 is 0 Å². The van der Waals surface area contributed by atoms with Crippen LogP contribution in [0.5, 0.6) is 5.75 Å². The monoisotopic (exact) mass is 545 g/mol. The molecule has 10 heteroatoms. The van der Waals surface area contributed by atoms with Crippen LogP contribution in [0.2, 0.25) is 0 Å². The Bertz CT molecular complexity index is 1470. The smallest absolute Gasteiger partial charge is 0.348 e. The van der Waals surface area contributed by atoms with Gasteiger partial charge < -0.3 is 29.4 Å². The summed E-state index contributed by atoms with van der Waals surface area (Å²) in [7, 11) is 2.14. The van der Waals surface area contributed by atoms with Crippen LogP contribution in [-0.2, 0) is 19.1 Å². The highest BCUT2D eigenvalue weighted by atomic mass is 16.5. The van der Waals surface area contributed by atoms with Crippen molar-refractivity contribution in [3.05, 3.63) is 71.1 Å². The molecule has 0 atom stereocenters. The van der Waals surface area contributed by atoms with Crippen LogP contribution in [0.3, 0.4) is 0 Å². The number of H-pyrrole nitrogens is 1. The minimum Gasteiger partial charge on any atom is -0.492 e. The maximum atomic E-state index is 13.4. The molecule has 2 N–H and O–H groups in total. The Morgan fingerprint density at radius 1 is 1.23 bits per heavy atom. The molecule has 1 fully saturated rings. The van der Waals surface area contributed by atoms with Gasteiger partial charge in [-0.2, -0.15) is 0 Å². The van der Waals surface area contributed by atoms with Gasteiger partial charge in [-0.1, -0.05) is 0 Å². The molecule has 1 saturated heterocycles. The Balaban J connectivity index is 1.32. The Labute approximate surface area is 233 Å². The van der Waals surface area contributed by atoms with Crippen LogP contribution in [0.1, 0.15) is 25.0 Å². The van der Waals surface area contributed by atoms with Crippen molar-refractivity contribution in [2.45, 2.75) is 26.9 Å². The number of nitrogens with zero attached hydrogens (tertiary/aromatic N) is 3. The predicted octanol–water partition coefficient (Wildman–Crippen LogP) is 3.71. The lowest BCUT2D eigenvalue weighted by Crippen LogP contribution is -2.45. The van der Waals surface area contributed by atoms with Crippen molar-refractivity contribution in [3.8, 4) is 5.75 Å². The number of ketones is 1. The molecule has 2 aliphatic heterocycles. The topological polar surface area (TPSA) is 109 Å². The van der Waals surface area contributed by atoms with Crippen LogP contribution in [-0.4, -0.2) is 84.0 Å². The van der Waals surface area contributed by atoms with Gasteiger partial charge in [-0.3, -0.25) is 9.69 Å². The highest BCUT2D eigenvalue weighted by Gasteiger charge is 2.37. The summed E-state index contributed by atoms with van der Waals surface area (Å²) in [5.41, 5.74) is 2.79. The standard InChI is InChI=1S/C30H35N5O5/c1-19(2)39-30(37)26-27(36)25(17-21-18-32-28-23(21)6-5-9-31-28)40-29(26)33-24-8-7-22(16-20(24)3)38-15-14-35-12-10-34(4)11-13-35/h5-9,16-19,33H,10-15H2,1-4H3,(H,31,32). The fourth-order valence-electron chi connectivity index (χ4n) is 4.67. The Hall–Kier alpha value is -4.15. The fraction of sp³-hybridized carbons (Fsp3) is 0.367. The zero-order valence-electron chi connectivity index (χ0n) is 23.3. The molecule has 5 rings (SSSR count). The number of pyridine rings is 1. The number of allylic oxidation sites excluding steroid dienone is 1. The lowest BCUT2D eigenvalue weighted by Gasteiger charge is -2.32. The predicted molar refractivity (Wildman–Crippen MR) is 153 cm³/mol. The number of Topliss-reactive ketones (excluding diaryl/α,β-unsaturated/α-hetero) is 1. The van der Waals surface area contributed by atoms with E-state index in [0.29, 0.717) is 17.9 Å². The van der Waals surface area contributed by atoms with Gasteiger partial charge in [0, 0.05) is 61.8 Å². The number of esters is 1. The SMILES string of the molecule is Cc1cc(OCCN2CCN(C)CC2)ccc1NC1=C(C(=O)OC(C)C)C(=O)C(=Cc2c[nH]c3ncccc23)O1. The number of likely N-dealkylation sites (N-methyl/N-ethyl adjacent to an activating group) is 1. The molecular weight excluding hydrogens is 510 g/mol. The van der Waals surface area contributed by atoms with Gasteiger partial charge in [-0.15, -0.1) is 0 Å². The molecule has 10 nitrogen and oxygen atoms in total. The minimum atomic E-state index is -0.743. The van der Waals surface area contributed by atoms with Crippen molar-refractivity contribution in [3.63, 3.8) is 0 Å². The van der Waals surface area contributed by atoms with Crippen molar-refractivity contribution in [1.82, 2.24) is 19.8 Å². The van der Waals surface area contributed by atoms with E-state index in [1.54, 1.807) is 32.3 Å². The average Bonchev–Trinajstić information content (AvgIpc) is 3.47. The number of ether oxygens (including phenoxy) is 3. The van der Waals surface area contributed by atoms with Gasteiger partial charge >= 0.3 is 5.97 Å². The number of carbonyl (C=O) groups is 2. The average molecular weight is 546 g/mol. The van der Waals surface area contributed by atoms with Gasteiger partial charge in [0.25, 0.3) is 0 Å². The van der Waals surface area contributed by atoms with E-state index in [1.807, 2.05) is 37.3 Å². The van der Waals surface area contributed by atoms with Crippen LogP contribution in [0.25, 0.3) is 17.1 Å². The van der Waals surface area contributed by atoms with E-state index in [-0.39, 0.29) is 17.2 Å². The third-order valence-corrected chi connectivity index (χ3v) is 6.92. The van der Waals surface area contributed by atoms with E-state index in [1.165, 1.54) is 0 Å². The molecule has 2 aliphatic rings. The summed E-state index contributed by atoms with van der Waals surface area (Å²) in [6, 6.07) is 9.34. The molecular formula is C30H35N5O5. The molecule has 40 heavy (non-hydrogen) atoms. The first-order chi connectivity index (χ1) is 19.3. The minimum absolute atomic E-state index is 0.0180. The van der Waals surface area contributed by atoms with Crippen molar-refractivity contribution >= 4 is 34.5 Å². The number of aromatic amines is 1. The second kappa shape index (κ2) is 11.9. The molecule has 0 saturated carbocycles. The molecule has 3 aromatic rings. The quantitative estimate of drug-likeness (QED) is 0.236. The highest BCUT2D eigenvalue weighted by Crippen LogP contribution is 2.32. The van der Waals surface area contributed by atoms with E-state index in [4.69, 9.17) is 14.2 Å². The summed E-state index contributed by atoms with van der Waals surface area (Å²) >= 11 is 0. The summed E-state index contributed by atoms with van der Waals surface area (Å²) in [4.78, 5) is 38.4. The van der Waals surface area contributed by atoms with Crippen LogP contribution in [0.15, 0.2) is 59.9 Å². The van der Waals surface area contributed by atoms with Gasteiger partial charge in [0.05, 0.1) is 6.10 Å². The number of piperazine rings is 1. The number of anilines is 1. The van der Waals surface area contributed by atoms with E-state index < -0.39 is 17.9 Å². The number of aromatic nitrogens is 2. The lowest BCUT2D eigenvalue weighted by molar-refractivity contribution is -0.143. The third kappa shape index (κ3) is 6.19. The van der Waals surface area contributed by atoms with Gasteiger partial charge in [0.15, 0.2) is 11.3 Å². The lowest BCUT2D eigenvalue weighted by atomic mass is 10.1. The first-order valence-electron chi connectivity index (χ1n) is 13.5. The van der Waals surface area contributed by atoms with Crippen LogP contribution in [0.4, 0.5) is 5.69 Å². The second-order valence-electron chi connectivity index (χ2n) is 10.3. The largest absolute Gasteiger partial charge is 0.492 e. The fourth-order valence-corrected chi connectivity index (χ4v) is 4.67. The molecule has 0 spiro atoms. The second-order valence-corrected chi connectivity index (χ2v) is 10.3. The Kier molecular flexibility index (Phi) is 8.18. The van der Waals surface area contributed by atoms with Gasteiger partial charge in [0.2, 0.25) is 11.7 Å². The first kappa shape index (κ1) is 27.4. The summed E-state index contributed by atoms with van der Waals surface area (Å²) in [6.45, 7) is 11.1. The van der Waals surface area contributed by atoms with Crippen LogP contribution < -0.4 is 10.1 Å². The van der Waals surface area contributed by atoms with Crippen molar-refractivity contribution in [1.29, 1.82) is 0 Å². The molecule has 0 bridgehead atoms. The summed E-state index contributed by atoms with van der Waals surface area (Å²) in [6.07, 6.45) is 4.63. The van der Waals surface area contributed by atoms with Crippen LogP contribution in [0, 0.1) is 6.92 Å². The molecule has 0 amide bonds. The van der Waals surface area contributed by atoms with Gasteiger partial charge in [0.1, 0.15) is 18.0 Å². The molecule has 0 unspecified atom stereocenters. The maximum absolute atomic E-state index is 13.4. The third-order valence-electron chi connectivity index (χ3n) is 6.92. The number of carbonyl (C=O) groups excluding carboxylic acids is 2. The normalized spacial score (nSPS) is 17.6. The number of nitrogens with one attached hydrogen (secondary N) is 2. The Morgan fingerprint density at radius 2 is 2.02 bits per heavy atom. The summed E-state index contributed by atoms with van der Waals surface area (Å²) < 4.78 is 17.3. The maximum Gasteiger partial charge on any atom is 0.348 e. The highest BCUT2D eigenvalue weighted by molar-refractivity contribution is 6.27. The van der Waals surface area contributed by atoms with E-state index in [9.17, 15) is 9.59 Å². The molecule has 2 aromatic heterocycles. The number of fused-ring (bicyclic) bond motifs is 1.